The third-order valence-corrected chi connectivity index (χ3v) is 2.49. The Labute approximate surface area is 109 Å². The van der Waals surface area contributed by atoms with E-state index >= 15 is 0 Å². The monoisotopic (exact) mass is 260 g/mol. The first-order valence-electron chi connectivity index (χ1n) is 5.49. The Morgan fingerprint density at radius 1 is 1.26 bits per heavy atom. The normalized spacial score (nSPS) is 10.2. The number of hydrogen-bond acceptors (Lipinski definition) is 6. The van der Waals surface area contributed by atoms with Gasteiger partial charge in [0.25, 0.3) is 5.88 Å². The van der Waals surface area contributed by atoms with Gasteiger partial charge in [0, 0.05) is 18.5 Å². The molecule has 0 spiro atoms. The second-order valence-corrected chi connectivity index (χ2v) is 4.04. The molecule has 0 aliphatic heterocycles. The van der Waals surface area contributed by atoms with Crippen LogP contribution in [0.25, 0.3) is 0 Å². The molecule has 7 nitrogen and oxygen atoms in total. The van der Waals surface area contributed by atoms with Crippen molar-refractivity contribution in [3.63, 3.8) is 0 Å². The van der Waals surface area contributed by atoms with Gasteiger partial charge in [0.15, 0.2) is 5.82 Å². The van der Waals surface area contributed by atoms with Gasteiger partial charge in [0.1, 0.15) is 0 Å². The Bertz CT molecular complexity index is 643. The number of hydrogen-bond donors (Lipinski definition) is 1. The fourth-order valence-corrected chi connectivity index (χ4v) is 1.71. The van der Waals surface area contributed by atoms with Crippen LogP contribution < -0.4 is 10.5 Å². The minimum absolute atomic E-state index is 0.0533. The second-order valence-electron chi connectivity index (χ2n) is 4.04. The largest absolute Gasteiger partial charge is 0.428 e. The fraction of sp³-hybridized carbons (Fsp3) is 0.167. The summed E-state index contributed by atoms with van der Waals surface area (Å²) in [4.78, 5) is 18.3. The van der Waals surface area contributed by atoms with Crippen molar-refractivity contribution in [3.05, 3.63) is 45.8 Å². The first kappa shape index (κ1) is 12.7. The summed E-state index contributed by atoms with van der Waals surface area (Å²) in [5.41, 5.74) is 6.90. The van der Waals surface area contributed by atoms with Gasteiger partial charge in [-0.3, -0.25) is 10.1 Å². The van der Waals surface area contributed by atoms with Crippen LogP contribution in [0.1, 0.15) is 11.1 Å². The number of ether oxygens (including phenoxy) is 1. The van der Waals surface area contributed by atoms with Gasteiger partial charge >= 0.3 is 5.69 Å². The lowest BCUT2D eigenvalue weighted by atomic mass is 10.1. The van der Waals surface area contributed by atoms with E-state index in [-0.39, 0.29) is 23.1 Å². The second kappa shape index (κ2) is 4.89. The lowest BCUT2D eigenvalue weighted by Crippen LogP contribution is -2.01. The molecule has 0 aliphatic carbocycles. The predicted molar refractivity (Wildman–Crippen MR) is 69.1 cm³/mol. The van der Waals surface area contributed by atoms with E-state index in [9.17, 15) is 10.1 Å². The molecule has 0 saturated carbocycles. The molecule has 2 N–H and O–H groups in total. The molecule has 0 atom stereocenters. The average Bonchev–Trinajstić information content (AvgIpc) is 2.34. The zero-order valence-corrected chi connectivity index (χ0v) is 10.5. The van der Waals surface area contributed by atoms with Crippen molar-refractivity contribution in [2.75, 3.05) is 5.73 Å². The molecule has 0 aliphatic rings. The van der Waals surface area contributed by atoms with Crippen molar-refractivity contribution in [2.24, 2.45) is 0 Å². The molecule has 98 valence electrons. The van der Waals surface area contributed by atoms with Crippen LogP contribution in [0.2, 0.25) is 0 Å². The molecule has 1 aromatic carbocycles. The summed E-state index contributed by atoms with van der Waals surface area (Å²) in [5.74, 6) is 0.261. The van der Waals surface area contributed by atoms with E-state index < -0.39 is 4.92 Å². The molecule has 0 saturated heterocycles. The topological polar surface area (TPSA) is 104 Å². The number of benzene rings is 1. The van der Waals surface area contributed by atoms with Crippen molar-refractivity contribution >= 4 is 11.5 Å². The first-order valence-corrected chi connectivity index (χ1v) is 5.49. The zero-order valence-electron chi connectivity index (χ0n) is 10.5. The van der Waals surface area contributed by atoms with E-state index in [4.69, 9.17) is 10.5 Å². The van der Waals surface area contributed by atoms with Crippen molar-refractivity contribution in [1.29, 1.82) is 0 Å². The smallest absolute Gasteiger partial charge is 0.312 e. The Balaban J connectivity index is 2.51. The molecule has 2 rings (SSSR count). The van der Waals surface area contributed by atoms with Crippen LogP contribution in [-0.4, -0.2) is 14.9 Å². The average molecular weight is 260 g/mol. The summed E-state index contributed by atoms with van der Waals surface area (Å²) in [6, 6.07) is 3.23. The number of anilines is 1. The van der Waals surface area contributed by atoms with E-state index in [0.717, 1.165) is 5.56 Å². The van der Waals surface area contributed by atoms with Gasteiger partial charge in [0.2, 0.25) is 5.75 Å². The minimum Gasteiger partial charge on any atom is -0.428 e. The quantitative estimate of drug-likeness (QED) is 0.671. The van der Waals surface area contributed by atoms with Crippen LogP contribution in [0.5, 0.6) is 11.6 Å². The van der Waals surface area contributed by atoms with Gasteiger partial charge in [-0.15, -0.1) is 0 Å². The summed E-state index contributed by atoms with van der Waals surface area (Å²) in [7, 11) is 0. The van der Waals surface area contributed by atoms with Crippen LogP contribution in [0.15, 0.2) is 24.5 Å². The highest BCUT2D eigenvalue weighted by Gasteiger charge is 2.20. The summed E-state index contributed by atoms with van der Waals surface area (Å²) in [6.45, 7) is 3.50. The number of aromatic nitrogens is 2. The number of nitrogens with zero attached hydrogens (tertiary/aromatic N) is 3. The molecule has 0 fully saturated rings. The van der Waals surface area contributed by atoms with E-state index in [1.165, 1.54) is 18.5 Å². The van der Waals surface area contributed by atoms with Gasteiger partial charge < -0.3 is 10.5 Å². The molecule has 0 unspecified atom stereocenters. The van der Waals surface area contributed by atoms with Crippen molar-refractivity contribution in [2.45, 2.75) is 13.8 Å². The maximum atomic E-state index is 11.1. The lowest BCUT2D eigenvalue weighted by Gasteiger charge is -2.10. The molecule has 0 radical (unpaired) electrons. The Morgan fingerprint density at radius 2 is 1.95 bits per heavy atom. The van der Waals surface area contributed by atoms with E-state index in [1.54, 1.807) is 19.9 Å². The zero-order chi connectivity index (χ0) is 14.0. The number of nitrogens with two attached hydrogens (primary N) is 1. The molecular weight excluding hydrogens is 248 g/mol. The van der Waals surface area contributed by atoms with E-state index in [2.05, 4.69) is 9.97 Å². The standard InChI is InChI=1S/C12H12N4O3/c1-7-5-8(2)10(9(6-7)16(17)18)19-12-11(13)14-3-4-15-12/h3-6H,1-2H3,(H2,13,14). The lowest BCUT2D eigenvalue weighted by molar-refractivity contribution is -0.385. The molecule has 1 heterocycles. The van der Waals surface area contributed by atoms with Crippen molar-refractivity contribution in [1.82, 2.24) is 9.97 Å². The highest BCUT2D eigenvalue weighted by Crippen LogP contribution is 2.35. The maximum absolute atomic E-state index is 11.1. The molecule has 0 amide bonds. The third-order valence-electron chi connectivity index (χ3n) is 2.49. The molecule has 2 aromatic rings. The van der Waals surface area contributed by atoms with Crippen LogP contribution in [-0.2, 0) is 0 Å². The molecule has 19 heavy (non-hydrogen) atoms. The Kier molecular flexibility index (Phi) is 3.28. The number of aryl methyl sites for hydroxylation is 2. The van der Waals surface area contributed by atoms with Gasteiger partial charge in [-0.25, -0.2) is 9.97 Å². The summed E-state index contributed by atoms with van der Waals surface area (Å²) in [5, 5.41) is 11.1. The molecule has 7 heteroatoms. The SMILES string of the molecule is Cc1cc(C)c(Oc2nccnc2N)c([N+](=O)[O-])c1. The number of nitrogen functional groups attached to an aromatic ring is 1. The van der Waals surface area contributed by atoms with Crippen LogP contribution >= 0.6 is 0 Å². The molecular formula is C12H12N4O3. The Morgan fingerprint density at radius 3 is 2.58 bits per heavy atom. The molecule has 1 aromatic heterocycles. The summed E-state index contributed by atoms with van der Waals surface area (Å²) >= 11 is 0. The van der Waals surface area contributed by atoms with Gasteiger partial charge in [-0.05, 0) is 25.0 Å². The van der Waals surface area contributed by atoms with Crippen molar-refractivity contribution in [3.8, 4) is 11.6 Å². The van der Waals surface area contributed by atoms with Crippen LogP contribution in [0.3, 0.4) is 0 Å². The number of nitro benzene ring substituents is 1. The number of rotatable bonds is 3. The summed E-state index contributed by atoms with van der Waals surface area (Å²) in [6.07, 6.45) is 2.82. The van der Waals surface area contributed by atoms with Gasteiger partial charge in [-0.1, -0.05) is 6.07 Å². The first-order chi connectivity index (χ1) is 8.99. The van der Waals surface area contributed by atoms with Gasteiger partial charge in [-0.2, -0.15) is 0 Å². The van der Waals surface area contributed by atoms with Crippen molar-refractivity contribution < 1.29 is 9.66 Å². The molecule has 0 bridgehead atoms. The third kappa shape index (κ3) is 2.59. The van der Waals surface area contributed by atoms with Gasteiger partial charge in [0.05, 0.1) is 4.92 Å². The Hall–Kier alpha value is -2.70. The highest BCUT2D eigenvalue weighted by atomic mass is 16.6. The fourth-order valence-electron chi connectivity index (χ4n) is 1.71. The highest BCUT2D eigenvalue weighted by molar-refractivity contribution is 5.56. The summed E-state index contributed by atoms with van der Waals surface area (Å²) < 4.78 is 5.45. The van der Waals surface area contributed by atoms with Crippen LogP contribution in [0, 0.1) is 24.0 Å². The number of nitro groups is 1. The van der Waals surface area contributed by atoms with Crippen LogP contribution in [0.4, 0.5) is 11.5 Å². The van der Waals surface area contributed by atoms with E-state index in [1.807, 2.05) is 0 Å². The predicted octanol–water partition coefficient (Wildman–Crippen LogP) is 2.38. The maximum Gasteiger partial charge on any atom is 0.312 e. The van der Waals surface area contributed by atoms with E-state index in [0.29, 0.717) is 5.56 Å². The minimum atomic E-state index is -0.498.